The van der Waals surface area contributed by atoms with Crippen molar-refractivity contribution in [3.63, 3.8) is 0 Å². The molecule has 0 aliphatic heterocycles. The fraction of sp³-hybridized carbons (Fsp3) is 0.357. The van der Waals surface area contributed by atoms with Crippen LogP contribution in [0, 0.1) is 5.82 Å². The molecule has 0 bridgehead atoms. The molecule has 0 unspecified atom stereocenters. The Morgan fingerprint density at radius 1 is 1.38 bits per heavy atom. The Bertz CT molecular complexity index is 653. The molecule has 0 saturated carbocycles. The van der Waals surface area contributed by atoms with E-state index in [0.717, 1.165) is 5.82 Å². The van der Waals surface area contributed by atoms with Crippen molar-refractivity contribution in [2.24, 2.45) is 0 Å². The first kappa shape index (κ1) is 15.0. The van der Waals surface area contributed by atoms with Crippen LogP contribution in [0.2, 0.25) is 0 Å². The lowest BCUT2D eigenvalue weighted by Crippen LogP contribution is -2.21. The molecule has 1 aromatic heterocycles. The summed E-state index contributed by atoms with van der Waals surface area (Å²) in [5.41, 5.74) is 6.03. The first-order valence-corrected chi connectivity index (χ1v) is 6.81. The van der Waals surface area contributed by atoms with Crippen LogP contribution in [-0.4, -0.2) is 20.7 Å². The van der Waals surface area contributed by atoms with E-state index in [2.05, 4.69) is 15.4 Å². The SMILES string of the molecule is CCc1nc(CC)n(CC(=O)Nc2cc(N)ccc2F)n1. The Morgan fingerprint density at radius 3 is 2.81 bits per heavy atom. The molecule has 3 N–H and O–H groups in total. The lowest BCUT2D eigenvalue weighted by molar-refractivity contribution is -0.117. The maximum atomic E-state index is 13.6. The molecule has 1 aromatic carbocycles. The van der Waals surface area contributed by atoms with E-state index in [9.17, 15) is 9.18 Å². The average molecular weight is 291 g/mol. The van der Waals surface area contributed by atoms with Gasteiger partial charge in [0.05, 0.1) is 5.69 Å². The number of nitrogen functional groups attached to an aromatic ring is 1. The van der Waals surface area contributed by atoms with Gasteiger partial charge in [0.1, 0.15) is 18.2 Å². The predicted molar refractivity (Wildman–Crippen MR) is 78.2 cm³/mol. The summed E-state index contributed by atoms with van der Waals surface area (Å²) in [4.78, 5) is 16.3. The standard InChI is InChI=1S/C14H18FN5O/c1-3-12-18-13(4-2)20(19-12)8-14(21)17-11-7-9(16)5-6-10(11)15/h5-7H,3-4,8,16H2,1-2H3,(H,17,21). The molecule has 0 aliphatic rings. The zero-order valence-electron chi connectivity index (χ0n) is 12.1. The number of carbonyl (C=O) groups is 1. The largest absolute Gasteiger partial charge is 0.399 e. The number of nitrogens with one attached hydrogen (secondary N) is 1. The van der Waals surface area contributed by atoms with Crippen molar-refractivity contribution in [2.45, 2.75) is 33.2 Å². The number of amides is 1. The van der Waals surface area contributed by atoms with Crippen molar-refractivity contribution in [1.82, 2.24) is 14.8 Å². The number of hydrogen-bond donors (Lipinski definition) is 2. The monoisotopic (exact) mass is 291 g/mol. The van der Waals surface area contributed by atoms with E-state index in [-0.39, 0.29) is 18.1 Å². The third-order valence-electron chi connectivity index (χ3n) is 2.98. The number of hydrogen-bond acceptors (Lipinski definition) is 4. The number of aryl methyl sites for hydroxylation is 2. The second-order valence-electron chi connectivity index (χ2n) is 4.60. The molecule has 0 atom stereocenters. The maximum absolute atomic E-state index is 13.6. The van der Waals surface area contributed by atoms with E-state index in [1.165, 1.54) is 18.2 Å². The molecule has 2 rings (SSSR count). The Kier molecular flexibility index (Phi) is 4.52. The second kappa shape index (κ2) is 6.34. The van der Waals surface area contributed by atoms with Crippen LogP contribution in [0.5, 0.6) is 0 Å². The van der Waals surface area contributed by atoms with Crippen LogP contribution >= 0.6 is 0 Å². The molecule has 1 amide bonds. The molecule has 6 nitrogen and oxygen atoms in total. The zero-order valence-corrected chi connectivity index (χ0v) is 12.1. The number of anilines is 2. The highest BCUT2D eigenvalue weighted by Gasteiger charge is 2.12. The van der Waals surface area contributed by atoms with Gasteiger partial charge in [0.2, 0.25) is 5.91 Å². The van der Waals surface area contributed by atoms with Gasteiger partial charge in [-0.1, -0.05) is 13.8 Å². The molecule has 1 heterocycles. The number of aromatic nitrogens is 3. The molecular weight excluding hydrogens is 273 g/mol. The summed E-state index contributed by atoms with van der Waals surface area (Å²) < 4.78 is 15.1. The van der Waals surface area contributed by atoms with Crippen molar-refractivity contribution < 1.29 is 9.18 Å². The topological polar surface area (TPSA) is 85.8 Å². The predicted octanol–water partition coefficient (Wildman–Crippen LogP) is 1.76. The van der Waals surface area contributed by atoms with Crippen molar-refractivity contribution in [3.05, 3.63) is 35.7 Å². The Labute approximate surface area is 122 Å². The van der Waals surface area contributed by atoms with E-state index in [4.69, 9.17) is 5.73 Å². The number of halogens is 1. The molecule has 0 fully saturated rings. The summed E-state index contributed by atoms with van der Waals surface area (Å²) in [6.45, 7) is 3.88. The third-order valence-corrected chi connectivity index (χ3v) is 2.98. The zero-order chi connectivity index (χ0) is 15.4. The summed E-state index contributed by atoms with van der Waals surface area (Å²) in [5.74, 6) is 0.521. The fourth-order valence-corrected chi connectivity index (χ4v) is 1.93. The average Bonchev–Trinajstić information content (AvgIpc) is 2.85. The van der Waals surface area contributed by atoms with Gasteiger partial charge in [-0.3, -0.25) is 4.79 Å². The van der Waals surface area contributed by atoms with Gasteiger partial charge < -0.3 is 11.1 Å². The highest BCUT2D eigenvalue weighted by atomic mass is 19.1. The molecule has 21 heavy (non-hydrogen) atoms. The van der Waals surface area contributed by atoms with E-state index in [0.29, 0.717) is 24.4 Å². The molecule has 7 heteroatoms. The van der Waals surface area contributed by atoms with Crippen molar-refractivity contribution >= 4 is 17.3 Å². The molecule has 112 valence electrons. The molecule has 0 saturated heterocycles. The van der Waals surface area contributed by atoms with Crippen LogP contribution in [0.25, 0.3) is 0 Å². The maximum Gasteiger partial charge on any atom is 0.246 e. The van der Waals surface area contributed by atoms with E-state index >= 15 is 0 Å². The Morgan fingerprint density at radius 2 is 2.14 bits per heavy atom. The minimum atomic E-state index is -0.527. The first-order valence-electron chi connectivity index (χ1n) is 6.81. The number of benzene rings is 1. The van der Waals surface area contributed by atoms with Gasteiger partial charge in [-0.05, 0) is 18.2 Å². The summed E-state index contributed by atoms with van der Waals surface area (Å²) in [7, 11) is 0. The van der Waals surface area contributed by atoms with Crippen molar-refractivity contribution in [2.75, 3.05) is 11.1 Å². The van der Waals surface area contributed by atoms with Crippen LogP contribution in [-0.2, 0) is 24.2 Å². The van der Waals surface area contributed by atoms with Gasteiger partial charge in [-0.15, -0.1) is 0 Å². The van der Waals surface area contributed by atoms with Crippen molar-refractivity contribution in [3.8, 4) is 0 Å². The first-order chi connectivity index (χ1) is 10.0. The number of rotatable bonds is 5. The third kappa shape index (κ3) is 3.56. The van der Waals surface area contributed by atoms with Crippen LogP contribution < -0.4 is 11.1 Å². The summed E-state index contributed by atoms with van der Waals surface area (Å²) in [6.07, 6.45) is 1.37. The summed E-state index contributed by atoms with van der Waals surface area (Å²) in [5, 5.41) is 6.74. The highest BCUT2D eigenvalue weighted by molar-refractivity contribution is 5.91. The number of nitrogens with two attached hydrogens (primary N) is 1. The minimum Gasteiger partial charge on any atom is -0.399 e. The lowest BCUT2D eigenvalue weighted by Gasteiger charge is -2.08. The second-order valence-corrected chi connectivity index (χ2v) is 4.60. The normalized spacial score (nSPS) is 10.6. The van der Waals surface area contributed by atoms with Crippen LogP contribution in [0.1, 0.15) is 25.5 Å². The summed E-state index contributed by atoms with van der Waals surface area (Å²) in [6, 6.07) is 4.03. The van der Waals surface area contributed by atoms with E-state index in [1.54, 1.807) is 4.68 Å². The van der Waals surface area contributed by atoms with Crippen molar-refractivity contribution in [1.29, 1.82) is 0 Å². The fourth-order valence-electron chi connectivity index (χ4n) is 1.93. The highest BCUT2D eigenvalue weighted by Crippen LogP contribution is 2.17. The molecule has 2 aromatic rings. The van der Waals surface area contributed by atoms with Gasteiger partial charge in [-0.2, -0.15) is 5.10 Å². The Balaban J connectivity index is 2.11. The number of nitrogens with zero attached hydrogens (tertiary/aromatic N) is 3. The molecular formula is C14H18FN5O. The molecule has 0 radical (unpaired) electrons. The van der Waals surface area contributed by atoms with Gasteiger partial charge >= 0.3 is 0 Å². The van der Waals surface area contributed by atoms with E-state index in [1.807, 2.05) is 13.8 Å². The van der Waals surface area contributed by atoms with Gasteiger partial charge in [0, 0.05) is 18.5 Å². The minimum absolute atomic E-state index is 0.00951. The van der Waals surface area contributed by atoms with Gasteiger partial charge in [-0.25, -0.2) is 14.1 Å². The quantitative estimate of drug-likeness (QED) is 0.822. The van der Waals surface area contributed by atoms with E-state index < -0.39 is 5.82 Å². The Hall–Kier alpha value is -2.44. The van der Waals surface area contributed by atoms with Gasteiger partial charge in [0.15, 0.2) is 5.82 Å². The number of carbonyl (C=O) groups excluding carboxylic acids is 1. The summed E-state index contributed by atoms with van der Waals surface area (Å²) >= 11 is 0. The smallest absolute Gasteiger partial charge is 0.246 e. The molecule has 0 aliphatic carbocycles. The molecule has 0 spiro atoms. The van der Waals surface area contributed by atoms with Crippen LogP contribution in [0.4, 0.5) is 15.8 Å². The van der Waals surface area contributed by atoms with Gasteiger partial charge in [0.25, 0.3) is 0 Å². The van der Waals surface area contributed by atoms with Crippen LogP contribution in [0.15, 0.2) is 18.2 Å². The lowest BCUT2D eigenvalue weighted by atomic mass is 10.2. The van der Waals surface area contributed by atoms with Crippen LogP contribution in [0.3, 0.4) is 0 Å².